The van der Waals surface area contributed by atoms with Gasteiger partial charge in [0.2, 0.25) is 0 Å². The van der Waals surface area contributed by atoms with Gasteiger partial charge in [-0.25, -0.2) is 4.98 Å². The first-order valence-electron chi connectivity index (χ1n) is 4.09. The lowest BCUT2D eigenvalue weighted by Gasteiger charge is -2.16. The van der Waals surface area contributed by atoms with Crippen molar-refractivity contribution >= 4 is 27.5 Å². The summed E-state index contributed by atoms with van der Waals surface area (Å²) in [5.41, 5.74) is 6.86. The summed E-state index contributed by atoms with van der Waals surface area (Å²) in [6.45, 7) is 4.11. The molecule has 0 radical (unpaired) electrons. The zero-order valence-corrected chi connectivity index (χ0v) is 9.93. The van der Waals surface area contributed by atoms with Gasteiger partial charge in [0.25, 0.3) is 0 Å². The van der Waals surface area contributed by atoms with E-state index < -0.39 is 0 Å². The molecule has 1 rings (SSSR count). The van der Waals surface area contributed by atoms with Crippen LogP contribution in [0.4, 0.5) is 0 Å². The third kappa shape index (κ3) is 2.66. The van der Waals surface area contributed by atoms with E-state index in [1.807, 2.05) is 6.07 Å². The van der Waals surface area contributed by atoms with Gasteiger partial charge in [-0.1, -0.05) is 25.4 Å². The van der Waals surface area contributed by atoms with Crippen LogP contribution in [0.15, 0.2) is 16.7 Å². The van der Waals surface area contributed by atoms with Crippen molar-refractivity contribution in [1.29, 1.82) is 0 Å². The summed E-state index contributed by atoms with van der Waals surface area (Å²) < 4.78 is 0.906. The summed E-state index contributed by atoms with van der Waals surface area (Å²) >= 11 is 9.26. The van der Waals surface area contributed by atoms with Gasteiger partial charge in [0, 0.05) is 22.3 Å². The predicted octanol–water partition coefficient (Wildman–Crippen LogP) is 3.15. The predicted molar refractivity (Wildman–Crippen MR) is 58.7 cm³/mol. The third-order valence-corrected chi connectivity index (χ3v) is 2.66. The molecular weight excluding hydrogens is 251 g/mol. The van der Waals surface area contributed by atoms with E-state index in [9.17, 15) is 0 Å². The molecule has 0 amide bonds. The number of aromatic nitrogens is 1. The molecule has 1 atom stereocenters. The van der Waals surface area contributed by atoms with Crippen LogP contribution in [-0.4, -0.2) is 4.98 Å². The molecule has 0 saturated heterocycles. The maximum Gasteiger partial charge on any atom is 0.133 e. The molecule has 2 nitrogen and oxygen atoms in total. The molecule has 1 aromatic rings. The molecule has 1 heterocycles. The number of rotatable bonds is 2. The number of hydrogen-bond acceptors (Lipinski definition) is 2. The molecule has 1 unspecified atom stereocenters. The van der Waals surface area contributed by atoms with Crippen LogP contribution >= 0.6 is 27.5 Å². The summed E-state index contributed by atoms with van der Waals surface area (Å²) in [4.78, 5) is 4.02. The molecule has 0 aliphatic heterocycles. The molecule has 0 fully saturated rings. The quantitative estimate of drug-likeness (QED) is 0.833. The Balaban J connectivity index is 3.05. The van der Waals surface area contributed by atoms with Gasteiger partial charge >= 0.3 is 0 Å². The Hall–Kier alpha value is -0.120. The fourth-order valence-corrected chi connectivity index (χ4v) is 1.61. The van der Waals surface area contributed by atoms with Gasteiger partial charge in [-0.05, 0) is 27.9 Å². The Morgan fingerprint density at radius 2 is 2.15 bits per heavy atom. The lowest BCUT2D eigenvalue weighted by molar-refractivity contribution is 0.513. The minimum absolute atomic E-state index is 0.0579. The largest absolute Gasteiger partial charge is 0.324 e. The third-order valence-electron chi connectivity index (χ3n) is 1.91. The van der Waals surface area contributed by atoms with Crippen molar-refractivity contribution in [3.63, 3.8) is 0 Å². The van der Waals surface area contributed by atoms with Crippen molar-refractivity contribution in [2.75, 3.05) is 0 Å². The molecule has 0 bridgehead atoms. The summed E-state index contributed by atoms with van der Waals surface area (Å²) in [6, 6.07) is 1.86. The fourth-order valence-electron chi connectivity index (χ4n) is 1.03. The van der Waals surface area contributed by atoms with Crippen LogP contribution in [0.2, 0.25) is 5.15 Å². The zero-order chi connectivity index (χ0) is 10.0. The van der Waals surface area contributed by atoms with Gasteiger partial charge < -0.3 is 5.73 Å². The number of halogens is 2. The van der Waals surface area contributed by atoms with Gasteiger partial charge in [-0.3, -0.25) is 0 Å². The Kier molecular flexibility index (Phi) is 3.71. The maximum absolute atomic E-state index is 5.96. The van der Waals surface area contributed by atoms with E-state index in [0.717, 1.165) is 10.0 Å². The number of pyridine rings is 1. The second-order valence-electron chi connectivity index (χ2n) is 3.30. The van der Waals surface area contributed by atoms with Crippen molar-refractivity contribution in [3.8, 4) is 0 Å². The Morgan fingerprint density at radius 1 is 1.54 bits per heavy atom. The van der Waals surface area contributed by atoms with Crippen molar-refractivity contribution in [1.82, 2.24) is 4.98 Å². The summed E-state index contributed by atoms with van der Waals surface area (Å²) in [5.74, 6) is 0.355. The average molecular weight is 264 g/mol. The highest BCUT2D eigenvalue weighted by molar-refractivity contribution is 9.10. The van der Waals surface area contributed by atoms with Crippen LogP contribution in [0.1, 0.15) is 25.5 Å². The molecule has 2 N–H and O–H groups in total. The highest BCUT2D eigenvalue weighted by atomic mass is 79.9. The molecule has 0 saturated carbocycles. The van der Waals surface area contributed by atoms with E-state index in [1.54, 1.807) is 6.20 Å². The van der Waals surface area contributed by atoms with Crippen molar-refractivity contribution < 1.29 is 0 Å². The second kappa shape index (κ2) is 4.40. The van der Waals surface area contributed by atoms with E-state index in [1.165, 1.54) is 0 Å². The molecule has 72 valence electrons. The number of nitrogens with two attached hydrogens (primary N) is 1. The molecule has 0 aliphatic rings. The van der Waals surface area contributed by atoms with Crippen molar-refractivity contribution in [2.45, 2.75) is 19.9 Å². The lowest BCUT2D eigenvalue weighted by Crippen LogP contribution is -2.17. The van der Waals surface area contributed by atoms with Crippen LogP contribution in [-0.2, 0) is 0 Å². The Morgan fingerprint density at radius 3 is 2.69 bits per heavy atom. The minimum atomic E-state index is -0.0579. The normalized spacial score (nSPS) is 13.4. The molecule has 0 aliphatic carbocycles. The summed E-state index contributed by atoms with van der Waals surface area (Å²) in [7, 11) is 0. The van der Waals surface area contributed by atoms with Gasteiger partial charge in [-0.2, -0.15) is 0 Å². The fraction of sp³-hybridized carbons (Fsp3) is 0.444. The lowest BCUT2D eigenvalue weighted by atomic mass is 9.99. The topological polar surface area (TPSA) is 38.9 Å². The van der Waals surface area contributed by atoms with Crippen LogP contribution in [0.25, 0.3) is 0 Å². The molecular formula is C9H12BrClN2. The summed E-state index contributed by atoms with van der Waals surface area (Å²) in [5, 5.41) is 0.490. The Labute approximate surface area is 91.6 Å². The molecule has 4 heteroatoms. The van der Waals surface area contributed by atoms with Crippen LogP contribution in [0, 0.1) is 5.92 Å². The maximum atomic E-state index is 5.96. The highest BCUT2D eigenvalue weighted by Gasteiger charge is 2.14. The highest BCUT2D eigenvalue weighted by Crippen LogP contribution is 2.26. The van der Waals surface area contributed by atoms with Crippen LogP contribution in [0.3, 0.4) is 0 Å². The van der Waals surface area contributed by atoms with E-state index in [0.29, 0.717) is 11.1 Å². The monoisotopic (exact) mass is 262 g/mol. The van der Waals surface area contributed by atoms with Crippen molar-refractivity contribution in [2.24, 2.45) is 11.7 Å². The van der Waals surface area contributed by atoms with Gasteiger partial charge in [0.05, 0.1) is 0 Å². The van der Waals surface area contributed by atoms with E-state index in [-0.39, 0.29) is 6.04 Å². The molecule has 0 aromatic carbocycles. The van der Waals surface area contributed by atoms with Gasteiger partial charge in [0.1, 0.15) is 5.15 Å². The first-order chi connectivity index (χ1) is 6.02. The first-order valence-corrected chi connectivity index (χ1v) is 5.26. The van der Waals surface area contributed by atoms with E-state index in [2.05, 4.69) is 34.8 Å². The Bertz CT molecular complexity index is 302. The standard InChI is InChI=1S/C9H12BrClN2/c1-5(2)8(12)7-3-6(10)4-13-9(7)11/h3-5,8H,12H2,1-2H3. The molecule has 13 heavy (non-hydrogen) atoms. The summed E-state index contributed by atoms with van der Waals surface area (Å²) in [6.07, 6.45) is 1.67. The first kappa shape index (κ1) is 11.0. The zero-order valence-electron chi connectivity index (χ0n) is 7.59. The van der Waals surface area contributed by atoms with Crippen LogP contribution < -0.4 is 5.73 Å². The van der Waals surface area contributed by atoms with Gasteiger partial charge in [0.15, 0.2) is 0 Å². The SMILES string of the molecule is CC(C)C(N)c1cc(Br)cnc1Cl. The van der Waals surface area contributed by atoms with E-state index in [4.69, 9.17) is 17.3 Å². The number of nitrogens with zero attached hydrogens (tertiary/aromatic N) is 1. The smallest absolute Gasteiger partial charge is 0.133 e. The average Bonchev–Trinajstić information content (AvgIpc) is 2.08. The molecule has 1 aromatic heterocycles. The van der Waals surface area contributed by atoms with Gasteiger partial charge in [-0.15, -0.1) is 0 Å². The minimum Gasteiger partial charge on any atom is -0.324 e. The molecule has 0 spiro atoms. The van der Waals surface area contributed by atoms with Crippen LogP contribution in [0.5, 0.6) is 0 Å². The number of hydrogen-bond donors (Lipinski definition) is 1. The second-order valence-corrected chi connectivity index (χ2v) is 4.58. The van der Waals surface area contributed by atoms with Crippen molar-refractivity contribution in [3.05, 3.63) is 27.5 Å². The van der Waals surface area contributed by atoms with E-state index >= 15 is 0 Å².